The number of allylic oxidation sites excluding steroid dienone is 4. The van der Waals surface area contributed by atoms with Crippen LogP contribution in [0.1, 0.15) is 31.4 Å². The Morgan fingerprint density at radius 3 is 2.25 bits per heavy atom. The van der Waals surface area contributed by atoms with E-state index >= 15 is 0 Å². The van der Waals surface area contributed by atoms with Gasteiger partial charge in [-0.05, 0) is 6.42 Å². The summed E-state index contributed by atoms with van der Waals surface area (Å²) in [6.07, 6.45) is 11.0. The topological polar surface area (TPSA) is 0 Å². The maximum absolute atomic E-state index is 3.30. The van der Waals surface area contributed by atoms with Gasteiger partial charge < -0.3 is 0 Å². The van der Waals surface area contributed by atoms with Gasteiger partial charge in [-0.2, -0.15) is 35.9 Å². The normalized spacial score (nSPS) is 11.5. The third-order valence-corrected chi connectivity index (χ3v) is 3.20. The van der Waals surface area contributed by atoms with E-state index < -0.39 is 0 Å². The van der Waals surface area contributed by atoms with Gasteiger partial charge in [-0.25, -0.2) is 12.2 Å². The number of hydrogen-bond acceptors (Lipinski definition) is 0. The van der Waals surface area contributed by atoms with E-state index in [9.17, 15) is 0 Å². The van der Waals surface area contributed by atoms with Crippen LogP contribution < -0.4 is 0 Å². The van der Waals surface area contributed by atoms with Crippen LogP contribution in [0.2, 0.25) is 0 Å². The number of rotatable bonds is 0. The molecule has 0 aromatic heterocycles. The van der Waals surface area contributed by atoms with Crippen molar-refractivity contribution >= 4 is 28.0 Å². The zero-order chi connectivity index (χ0) is 15.8. The fourth-order valence-corrected chi connectivity index (χ4v) is 2.34. The predicted octanol–water partition coefficient (Wildman–Crippen LogP) is 5.95. The summed E-state index contributed by atoms with van der Waals surface area (Å²) in [4.78, 5) is 0. The molecule has 2 aliphatic rings. The van der Waals surface area contributed by atoms with E-state index in [1.807, 2.05) is 18.2 Å². The Hall–Kier alpha value is -0.747. The molecule has 0 atom stereocenters. The van der Waals surface area contributed by atoms with Gasteiger partial charge in [-0.1, -0.05) is 35.4 Å². The quantitative estimate of drug-likeness (QED) is 0.382. The van der Waals surface area contributed by atoms with Gasteiger partial charge in [-0.15, -0.1) is 36.8 Å². The van der Waals surface area contributed by atoms with Crippen molar-refractivity contribution in [3.8, 4) is 11.1 Å². The number of halogens is 2. The molecule has 3 heteroatoms. The van der Waals surface area contributed by atoms with Crippen molar-refractivity contribution in [2.24, 2.45) is 0 Å². The van der Waals surface area contributed by atoms with Gasteiger partial charge >= 0.3 is 41.3 Å². The number of hydrogen-bond donors (Lipinski definition) is 0. The van der Waals surface area contributed by atoms with E-state index in [2.05, 4.69) is 68.5 Å². The van der Waals surface area contributed by atoms with Crippen LogP contribution in [-0.2, 0) is 30.7 Å². The summed E-state index contributed by atoms with van der Waals surface area (Å²) >= 11 is 1.55. The summed E-state index contributed by atoms with van der Waals surface area (Å²) < 4.78 is 1.51. The maximum atomic E-state index is 3.30. The molecule has 0 saturated heterocycles. The molecule has 0 saturated carbocycles. The van der Waals surface area contributed by atoms with Gasteiger partial charge in [-0.3, -0.25) is 6.08 Å². The van der Waals surface area contributed by atoms with E-state index in [-0.39, 0.29) is 24.8 Å². The summed E-state index contributed by atoms with van der Waals surface area (Å²) in [6.45, 7) is 4.25. The van der Waals surface area contributed by atoms with Crippen molar-refractivity contribution in [2.75, 3.05) is 0 Å². The van der Waals surface area contributed by atoms with E-state index in [0.717, 1.165) is 12.8 Å². The molecule has 124 valence electrons. The molecule has 0 bridgehead atoms. The first kappa shape index (κ1) is 23.3. The zero-order valence-corrected chi connectivity index (χ0v) is 18.1. The van der Waals surface area contributed by atoms with E-state index in [0.29, 0.717) is 0 Å². The van der Waals surface area contributed by atoms with Crippen LogP contribution in [0.3, 0.4) is 0 Å². The molecule has 0 aliphatic heterocycles. The van der Waals surface area contributed by atoms with Crippen LogP contribution in [0.5, 0.6) is 0 Å². The van der Waals surface area contributed by atoms with Crippen molar-refractivity contribution in [1.82, 2.24) is 0 Å². The van der Waals surface area contributed by atoms with Gasteiger partial charge in [0.25, 0.3) is 0 Å². The van der Waals surface area contributed by atoms with E-state index in [1.54, 1.807) is 24.2 Å². The van der Waals surface area contributed by atoms with Crippen molar-refractivity contribution in [1.29, 1.82) is 0 Å². The van der Waals surface area contributed by atoms with E-state index in [1.165, 1.54) is 25.5 Å². The molecular weight excluding hydrogens is 414 g/mol. The monoisotopic (exact) mass is 434 g/mol. The van der Waals surface area contributed by atoms with Gasteiger partial charge in [0.1, 0.15) is 0 Å². The minimum atomic E-state index is 0. The molecule has 2 aromatic carbocycles. The van der Waals surface area contributed by atoms with Crippen molar-refractivity contribution in [3.63, 3.8) is 0 Å². The first-order valence-electron chi connectivity index (χ1n) is 7.50. The molecule has 2 aromatic rings. The van der Waals surface area contributed by atoms with Crippen LogP contribution in [0.25, 0.3) is 11.1 Å². The average Bonchev–Trinajstić information content (AvgIpc) is 3.18. The molecule has 0 nitrogen and oxygen atoms in total. The van der Waals surface area contributed by atoms with Crippen LogP contribution >= 0.6 is 24.8 Å². The van der Waals surface area contributed by atoms with Crippen LogP contribution in [-0.4, -0.2) is 3.21 Å². The van der Waals surface area contributed by atoms with Crippen LogP contribution in [0, 0.1) is 12.1 Å². The van der Waals surface area contributed by atoms with Gasteiger partial charge in [0.15, 0.2) is 0 Å². The Balaban J connectivity index is 0.000000409. The van der Waals surface area contributed by atoms with Crippen molar-refractivity contribution < 1.29 is 24.2 Å². The molecule has 0 amide bonds. The molecule has 0 spiro atoms. The number of benzene rings is 2. The molecule has 0 unspecified atom stereocenters. The third kappa shape index (κ3) is 7.43. The molecule has 4 rings (SSSR count). The zero-order valence-electron chi connectivity index (χ0n) is 14.0. The molecule has 2 aliphatic carbocycles. The molecule has 0 heterocycles. The first-order valence-corrected chi connectivity index (χ1v) is 8.72. The van der Waals surface area contributed by atoms with Gasteiger partial charge in [0.05, 0.1) is 0 Å². The molecule has 0 N–H and O–H groups in total. The molecular formula is C21H22Cl2Zr. The summed E-state index contributed by atoms with van der Waals surface area (Å²) in [5.74, 6) is 0. The summed E-state index contributed by atoms with van der Waals surface area (Å²) in [6, 6.07) is 18.1. The minimum Gasteiger partial charge on any atom is -0.273 e. The Bertz CT molecular complexity index is 645. The fourth-order valence-electron chi connectivity index (χ4n) is 2.34. The Morgan fingerprint density at radius 2 is 1.67 bits per heavy atom. The van der Waals surface area contributed by atoms with Gasteiger partial charge in [0, 0.05) is 0 Å². The Kier molecular flexibility index (Phi) is 12.2. The largest absolute Gasteiger partial charge is 0.273 e. The standard InChI is InChI=1S/C13H9.C5H5.C3H6.2ClH.Zr/c1-3-7-12-10(5-1)9-11-6-2-4-8-13(11)12;1-2-4-5-3-1;1-3-2;;;/h1-5,7-8H,9H2;1-3H,4H2;1-2H3;2*1H;/q2*-1;;;;+2. The smallest absolute Gasteiger partial charge is 0.0253 e. The van der Waals surface area contributed by atoms with E-state index in [4.69, 9.17) is 0 Å². The van der Waals surface area contributed by atoms with Gasteiger partial charge in [0.2, 0.25) is 0 Å². The minimum absolute atomic E-state index is 0. The van der Waals surface area contributed by atoms with Crippen LogP contribution in [0.15, 0.2) is 60.7 Å². The second-order valence-corrected chi connectivity index (χ2v) is 7.86. The summed E-state index contributed by atoms with van der Waals surface area (Å²) in [5.41, 5.74) is 5.51. The Labute approximate surface area is 173 Å². The average molecular weight is 437 g/mol. The second-order valence-electron chi connectivity index (χ2n) is 5.40. The first-order chi connectivity index (χ1) is 10.7. The summed E-state index contributed by atoms with van der Waals surface area (Å²) in [5, 5.41) is 0. The number of fused-ring (bicyclic) bond motifs is 3. The van der Waals surface area contributed by atoms with Crippen molar-refractivity contribution in [3.05, 3.63) is 84.0 Å². The predicted molar refractivity (Wildman–Crippen MR) is 106 cm³/mol. The maximum Gasteiger partial charge on any atom is -0.0253 e. The third-order valence-electron chi connectivity index (χ3n) is 3.20. The molecule has 24 heavy (non-hydrogen) atoms. The summed E-state index contributed by atoms with van der Waals surface area (Å²) in [7, 11) is 0. The van der Waals surface area contributed by atoms with Crippen LogP contribution in [0.4, 0.5) is 0 Å². The molecule has 0 fully saturated rings. The fraction of sp³-hybridized carbons (Fsp3) is 0.190. The second kappa shape index (κ2) is 12.6. The van der Waals surface area contributed by atoms with Crippen molar-refractivity contribution in [2.45, 2.75) is 26.7 Å². The Morgan fingerprint density at radius 1 is 1.00 bits per heavy atom. The molecule has 0 radical (unpaired) electrons. The SMILES string of the molecule is C[C](C)=[Zr+2].Cl.Cl.[C-]1=CC=CC1.[c-]1cccc2c1Cc1ccccc1-2.